The number of carbonyl (C=O) groups excluding carboxylic acids is 1. The first-order chi connectivity index (χ1) is 13.0. The molecule has 152 valence electrons. The van der Waals surface area contributed by atoms with E-state index in [1.807, 2.05) is 0 Å². The zero-order chi connectivity index (χ0) is 20.7. The van der Waals surface area contributed by atoms with Crippen LogP contribution >= 0.6 is 11.6 Å². The third kappa shape index (κ3) is 4.09. The Morgan fingerprint density at radius 3 is 2.71 bits per heavy atom. The van der Waals surface area contributed by atoms with Crippen LogP contribution in [-0.4, -0.2) is 60.5 Å². The maximum absolute atomic E-state index is 13.3. The first kappa shape index (κ1) is 20.8. The van der Waals surface area contributed by atoms with Gasteiger partial charge in [0.1, 0.15) is 5.60 Å². The Morgan fingerprint density at radius 1 is 1.32 bits per heavy atom. The summed E-state index contributed by atoms with van der Waals surface area (Å²) in [5.74, 6) is 0. The number of benzene rings is 1. The van der Waals surface area contributed by atoms with Crippen molar-refractivity contribution >= 4 is 38.5 Å². The van der Waals surface area contributed by atoms with E-state index in [1.54, 1.807) is 52.2 Å². The number of carbonyl (C=O) groups is 1. The average molecular weight is 426 g/mol. The normalized spacial score (nSPS) is 18.4. The van der Waals surface area contributed by atoms with Crippen molar-refractivity contribution in [1.29, 1.82) is 0 Å². The summed E-state index contributed by atoms with van der Waals surface area (Å²) in [6.45, 7) is 5.91. The van der Waals surface area contributed by atoms with E-state index in [0.717, 1.165) is 0 Å². The first-order valence-corrected chi connectivity index (χ1v) is 10.8. The molecule has 0 bridgehead atoms. The van der Waals surface area contributed by atoms with Crippen molar-refractivity contribution in [2.75, 3.05) is 20.1 Å². The second-order valence-corrected chi connectivity index (χ2v) is 10.2. The van der Waals surface area contributed by atoms with Crippen LogP contribution in [0.4, 0.5) is 4.79 Å². The molecule has 2 heterocycles. The van der Waals surface area contributed by atoms with Gasteiger partial charge in [-0.3, -0.25) is 4.98 Å². The van der Waals surface area contributed by atoms with Crippen LogP contribution in [0.3, 0.4) is 0 Å². The second kappa shape index (κ2) is 7.50. The highest BCUT2D eigenvalue weighted by Crippen LogP contribution is 2.32. The third-order valence-corrected chi connectivity index (χ3v) is 6.87. The summed E-state index contributed by atoms with van der Waals surface area (Å²) in [5, 5.41) is 1.41. The number of aromatic nitrogens is 1. The Balaban J connectivity index is 1.85. The van der Waals surface area contributed by atoms with Crippen molar-refractivity contribution in [3.63, 3.8) is 0 Å². The minimum atomic E-state index is -3.77. The lowest BCUT2D eigenvalue weighted by molar-refractivity contribution is 0.0232. The van der Waals surface area contributed by atoms with Crippen molar-refractivity contribution in [2.45, 2.75) is 43.7 Å². The molecule has 0 N–H and O–H groups in total. The Morgan fingerprint density at radius 2 is 2.04 bits per heavy atom. The maximum Gasteiger partial charge on any atom is 0.410 e. The van der Waals surface area contributed by atoms with E-state index < -0.39 is 21.7 Å². The summed E-state index contributed by atoms with van der Waals surface area (Å²) in [5.41, 5.74) is -0.608. The fourth-order valence-corrected chi connectivity index (χ4v) is 5.29. The molecule has 9 heteroatoms. The van der Waals surface area contributed by atoms with Crippen LogP contribution in [0.15, 0.2) is 35.5 Å². The molecule has 0 aliphatic carbocycles. The fourth-order valence-electron chi connectivity index (χ4n) is 3.24. The number of amides is 1. The fraction of sp³-hybridized carbons (Fsp3) is 0.474. The molecule has 1 amide bonds. The first-order valence-electron chi connectivity index (χ1n) is 8.99. The molecule has 1 aromatic carbocycles. The van der Waals surface area contributed by atoms with Gasteiger partial charge in [0, 0.05) is 49.3 Å². The molecule has 0 saturated carbocycles. The number of pyridine rings is 1. The summed E-state index contributed by atoms with van der Waals surface area (Å²) in [4.78, 5) is 17.9. The number of hydrogen-bond donors (Lipinski definition) is 0. The summed E-state index contributed by atoms with van der Waals surface area (Å²) < 4.78 is 33.3. The lowest BCUT2D eigenvalue weighted by atomic mass is 10.2. The third-order valence-electron chi connectivity index (χ3n) is 4.67. The van der Waals surface area contributed by atoms with E-state index in [-0.39, 0.29) is 17.5 Å². The van der Waals surface area contributed by atoms with E-state index in [9.17, 15) is 13.2 Å². The molecule has 1 atom stereocenters. The zero-order valence-electron chi connectivity index (χ0n) is 16.3. The van der Waals surface area contributed by atoms with E-state index in [4.69, 9.17) is 16.3 Å². The number of halogens is 1. The average Bonchev–Trinajstić information content (AvgIpc) is 3.10. The van der Waals surface area contributed by atoms with Gasteiger partial charge in [0.25, 0.3) is 0 Å². The predicted octanol–water partition coefficient (Wildman–Crippen LogP) is 3.52. The number of fused-ring (bicyclic) bond motifs is 1. The van der Waals surface area contributed by atoms with Gasteiger partial charge in [-0.05, 0) is 33.3 Å². The number of hydrogen-bond acceptors (Lipinski definition) is 5. The van der Waals surface area contributed by atoms with Crippen LogP contribution in [0.1, 0.15) is 27.2 Å². The number of likely N-dealkylation sites (N-methyl/N-ethyl adjacent to an activating group) is 1. The number of rotatable bonds is 3. The van der Waals surface area contributed by atoms with E-state index >= 15 is 0 Å². The molecular formula is C19H24ClN3O4S. The summed E-state index contributed by atoms with van der Waals surface area (Å²) >= 11 is 6.24. The topological polar surface area (TPSA) is 79.8 Å². The molecule has 1 fully saturated rings. The van der Waals surface area contributed by atoms with E-state index in [1.165, 1.54) is 15.4 Å². The van der Waals surface area contributed by atoms with Gasteiger partial charge in [0.2, 0.25) is 10.0 Å². The van der Waals surface area contributed by atoms with E-state index in [0.29, 0.717) is 28.8 Å². The minimum Gasteiger partial charge on any atom is -0.444 e. The lowest BCUT2D eigenvalue weighted by Gasteiger charge is -2.28. The molecule has 0 unspecified atom stereocenters. The number of sulfonamides is 1. The van der Waals surface area contributed by atoms with Gasteiger partial charge in [-0.15, -0.1) is 0 Å². The molecule has 1 saturated heterocycles. The predicted molar refractivity (Wildman–Crippen MR) is 108 cm³/mol. The van der Waals surface area contributed by atoms with Gasteiger partial charge in [0.05, 0.1) is 9.92 Å². The second-order valence-electron chi connectivity index (χ2n) is 7.87. The van der Waals surface area contributed by atoms with Crippen molar-refractivity contribution < 1.29 is 17.9 Å². The molecule has 0 spiro atoms. The molecule has 3 rings (SSSR count). The maximum atomic E-state index is 13.3. The van der Waals surface area contributed by atoms with Gasteiger partial charge in [-0.1, -0.05) is 23.7 Å². The van der Waals surface area contributed by atoms with E-state index in [2.05, 4.69) is 4.98 Å². The van der Waals surface area contributed by atoms with Gasteiger partial charge in [-0.2, -0.15) is 4.31 Å². The quantitative estimate of drug-likeness (QED) is 0.751. The number of nitrogens with zero attached hydrogens (tertiary/aromatic N) is 3. The Kier molecular flexibility index (Phi) is 5.58. The standard InChI is InChI=1S/C19H24ClN3O4S/c1-19(2,3)27-18(24)22(4)14-8-9-23(12-14)28(25,26)16-7-5-6-13-10-21-11-15(20)17(13)16/h5-7,10-11,14H,8-9,12H2,1-4H3/t14-/m1/s1. The Hall–Kier alpha value is -1.90. The van der Waals surface area contributed by atoms with Crippen molar-refractivity contribution in [2.24, 2.45) is 0 Å². The summed E-state index contributed by atoms with van der Waals surface area (Å²) in [7, 11) is -2.14. The zero-order valence-corrected chi connectivity index (χ0v) is 17.9. The smallest absolute Gasteiger partial charge is 0.410 e. The van der Waals surface area contributed by atoms with Crippen molar-refractivity contribution in [3.8, 4) is 0 Å². The Labute approximate surface area is 170 Å². The van der Waals surface area contributed by atoms with Crippen molar-refractivity contribution in [3.05, 3.63) is 35.6 Å². The summed E-state index contributed by atoms with van der Waals surface area (Å²) in [6.07, 6.45) is 3.10. The SMILES string of the molecule is CN(C(=O)OC(C)(C)C)[C@@H]1CCN(S(=O)(=O)c2cccc3cncc(Cl)c23)C1. The minimum absolute atomic E-state index is 0.151. The summed E-state index contributed by atoms with van der Waals surface area (Å²) in [6, 6.07) is 4.75. The van der Waals surface area contributed by atoms with Crippen LogP contribution < -0.4 is 0 Å². The molecule has 1 aliphatic heterocycles. The van der Waals surface area contributed by atoms with Gasteiger partial charge in [-0.25, -0.2) is 13.2 Å². The van der Waals surface area contributed by atoms with Gasteiger partial charge >= 0.3 is 6.09 Å². The highest BCUT2D eigenvalue weighted by Gasteiger charge is 2.37. The van der Waals surface area contributed by atoms with Crippen LogP contribution in [0.2, 0.25) is 5.02 Å². The molecule has 1 aromatic heterocycles. The molecule has 2 aromatic rings. The van der Waals surface area contributed by atoms with Crippen LogP contribution in [0.5, 0.6) is 0 Å². The number of ether oxygens (including phenoxy) is 1. The Bertz CT molecular complexity index is 999. The highest BCUT2D eigenvalue weighted by atomic mass is 35.5. The molecule has 28 heavy (non-hydrogen) atoms. The van der Waals surface area contributed by atoms with Crippen LogP contribution in [-0.2, 0) is 14.8 Å². The molecule has 7 nitrogen and oxygen atoms in total. The van der Waals surface area contributed by atoms with Gasteiger partial charge < -0.3 is 9.64 Å². The van der Waals surface area contributed by atoms with Crippen LogP contribution in [0.25, 0.3) is 10.8 Å². The van der Waals surface area contributed by atoms with Crippen molar-refractivity contribution in [1.82, 2.24) is 14.2 Å². The van der Waals surface area contributed by atoms with Crippen LogP contribution in [0, 0.1) is 0 Å². The molecular weight excluding hydrogens is 402 g/mol. The largest absolute Gasteiger partial charge is 0.444 e. The molecule has 1 aliphatic rings. The molecule has 0 radical (unpaired) electrons. The lowest BCUT2D eigenvalue weighted by Crippen LogP contribution is -2.42. The highest BCUT2D eigenvalue weighted by molar-refractivity contribution is 7.89. The monoisotopic (exact) mass is 425 g/mol. The van der Waals surface area contributed by atoms with Gasteiger partial charge in [0.15, 0.2) is 0 Å².